The maximum Gasteiger partial charge on any atom is 0.230 e. The number of ether oxygens (including phenoxy) is 1. The molecule has 27 heavy (non-hydrogen) atoms. The monoisotopic (exact) mass is 388 g/mol. The van der Waals surface area contributed by atoms with Gasteiger partial charge in [-0.05, 0) is 43.4 Å². The van der Waals surface area contributed by atoms with E-state index in [-0.39, 0.29) is 17.9 Å². The second kappa shape index (κ2) is 8.78. The first-order chi connectivity index (χ1) is 13.0. The Bertz CT molecular complexity index is 769. The van der Waals surface area contributed by atoms with Gasteiger partial charge in [-0.1, -0.05) is 37.7 Å². The van der Waals surface area contributed by atoms with Gasteiger partial charge in [0, 0.05) is 12.5 Å². The molecule has 1 fully saturated rings. The fraction of sp³-hybridized carbons (Fsp3) is 0.550. The number of carbonyl (C=O) groups is 1. The van der Waals surface area contributed by atoms with Gasteiger partial charge in [-0.2, -0.15) is 0 Å². The molecule has 1 atom stereocenters. The van der Waals surface area contributed by atoms with Crippen LogP contribution in [0.1, 0.15) is 57.0 Å². The lowest BCUT2D eigenvalue weighted by atomic mass is 9.96. The lowest BCUT2D eigenvalue weighted by Crippen LogP contribution is -2.33. The maximum absolute atomic E-state index is 12.6. The number of methoxy groups -OCH3 is 1. The number of aromatic nitrogens is 3. The summed E-state index contributed by atoms with van der Waals surface area (Å²) in [6, 6.07) is 7.83. The normalized spacial score (nSPS) is 15.0. The quantitative estimate of drug-likeness (QED) is 0.662. The molecule has 146 valence electrons. The van der Waals surface area contributed by atoms with Gasteiger partial charge < -0.3 is 14.6 Å². The van der Waals surface area contributed by atoms with Crippen molar-refractivity contribution in [3.8, 4) is 5.75 Å². The maximum atomic E-state index is 12.6. The lowest BCUT2D eigenvalue weighted by molar-refractivity contribution is -0.119. The summed E-state index contributed by atoms with van der Waals surface area (Å²) in [7, 11) is 1.65. The fourth-order valence-electron chi connectivity index (χ4n) is 3.14. The van der Waals surface area contributed by atoms with Crippen LogP contribution in [0.3, 0.4) is 0 Å². The number of rotatable bonds is 9. The summed E-state index contributed by atoms with van der Waals surface area (Å²) in [5.74, 6) is 3.07. The van der Waals surface area contributed by atoms with Crippen LogP contribution in [0.25, 0.3) is 0 Å². The first-order valence-corrected chi connectivity index (χ1v) is 10.5. The van der Waals surface area contributed by atoms with Gasteiger partial charge in [-0.25, -0.2) is 0 Å². The van der Waals surface area contributed by atoms with E-state index in [1.807, 2.05) is 24.3 Å². The Kier molecular flexibility index (Phi) is 6.42. The van der Waals surface area contributed by atoms with Crippen molar-refractivity contribution in [2.24, 2.45) is 5.92 Å². The van der Waals surface area contributed by atoms with Crippen LogP contribution in [-0.2, 0) is 11.3 Å². The van der Waals surface area contributed by atoms with Crippen LogP contribution in [0, 0.1) is 5.92 Å². The average Bonchev–Trinajstić information content (AvgIpc) is 3.44. The molecule has 0 radical (unpaired) electrons. The van der Waals surface area contributed by atoms with Gasteiger partial charge >= 0.3 is 0 Å². The van der Waals surface area contributed by atoms with Gasteiger partial charge in [0.2, 0.25) is 5.91 Å². The van der Waals surface area contributed by atoms with Gasteiger partial charge in [0.15, 0.2) is 5.16 Å². The van der Waals surface area contributed by atoms with Gasteiger partial charge in [-0.15, -0.1) is 10.2 Å². The Balaban J connectivity index is 1.61. The van der Waals surface area contributed by atoms with Gasteiger partial charge in [0.1, 0.15) is 11.6 Å². The Morgan fingerprint density at radius 1 is 1.30 bits per heavy atom. The van der Waals surface area contributed by atoms with Gasteiger partial charge in [0.25, 0.3) is 0 Å². The molecule has 1 heterocycles. The van der Waals surface area contributed by atoms with Crippen molar-refractivity contribution in [3.63, 3.8) is 0 Å². The molecule has 1 aliphatic rings. The Morgan fingerprint density at radius 3 is 2.56 bits per heavy atom. The van der Waals surface area contributed by atoms with E-state index in [0.29, 0.717) is 11.7 Å². The molecule has 0 bridgehead atoms. The Hall–Kier alpha value is -2.02. The summed E-state index contributed by atoms with van der Waals surface area (Å²) < 4.78 is 7.36. The average molecular weight is 389 g/mol. The van der Waals surface area contributed by atoms with Crippen LogP contribution >= 0.6 is 11.8 Å². The third-order valence-corrected chi connectivity index (χ3v) is 5.76. The highest BCUT2D eigenvalue weighted by molar-refractivity contribution is 7.99. The summed E-state index contributed by atoms with van der Waals surface area (Å²) in [5, 5.41) is 12.6. The molecule has 7 heteroatoms. The van der Waals surface area contributed by atoms with E-state index in [9.17, 15) is 4.79 Å². The minimum Gasteiger partial charge on any atom is -0.497 e. The summed E-state index contributed by atoms with van der Waals surface area (Å²) in [5.41, 5.74) is 1.08. The molecule has 0 spiro atoms. The van der Waals surface area contributed by atoms with Crippen LogP contribution in [-0.4, -0.2) is 33.5 Å². The summed E-state index contributed by atoms with van der Waals surface area (Å²) in [4.78, 5) is 12.6. The smallest absolute Gasteiger partial charge is 0.230 e. The zero-order chi connectivity index (χ0) is 19.4. The largest absolute Gasteiger partial charge is 0.497 e. The van der Waals surface area contributed by atoms with Crippen LogP contribution in [0.4, 0.5) is 0 Å². The predicted octanol–water partition coefficient (Wildman–Crippen LogP) is 3.79. The third kappa shape index (κ3) is 4.83. The van der Waals surface area contributed by atoms with Crippen molar-refractivity contribution in [3.05, 3.63) is 35.7 Å². The van der Waals surface area contributed by atoms with Crippen LogP contribution < -0.4 is 10.1 Å². The molecule has 1 aromatic carbocycles. The number of carbonyl (C=O) groups excluding carboxylic acids is 1. The fourth-order valence-corrected chi connectivity index (χ4v) is 3.96. The van der Waals surface area contributed by atoms with Crippen LogP contribution in [0.2, 0.25) is 0 Å². The molecule has 1 aromatic heterocycles. The highest BCUT2D eigenvalue weighted by Crippen LogP contribution is 2.40. The first kappa shape index (κ1) is 19.7. The van der Waals surface area contributed by atoms with Crippen molar-refractivity contribution in [1.29, 1.82) is 0 Å². The molecule has 6 nitrogen and oxygen atoms in total. The van der Waals surface area contributed by atoms with E-state index in [0.717, 1.165) is 28.8 Å². The molecule has 1 aliphatic carbocycles. The van der Waals surface area contributed by atoms with Crippen molar-refractivity contribution >= 4 is 17.7 Å². The van der Waals surface area contributed by atoms with Crippen molar-refractivity contribution in [2.45, 2.75) is 57.3 Å². The number of benzene rings is 1. The molecule has 1 saturated carbocycles. The van der Waals surface area contributed by atoms with Crippen molar-refractivity contribution < 1.29 is 9.53 Å². The highest BCUT2D eigenvalue weighted by Gasteiger charge is 2.30. The zero-order valence-corrected chi connectivity index (χ0v) is 17.3. The van der Waals surface area contributed by atoms with E-state index >= 15 is 0 Å². The van der Waals surface area contributed by atoms with Gasteiger partial charge in [-0.3, -0.25) is 4.79 Å². The zero-order valence-electron chi connectivity index (χ0n) is 16.4. The number of hydrogen-bond acceptors (Lipinski definition) is 5. The standard InChI is InChI=1S/C20H28N4O2S/c1-5-24-19(15-6-7-15)22-23-20(24)27-12-17(25)21-18(13(2)3)14-8-10-16(26-4)11-9-14/h8-11,13,15,18H,5-7,12H2,1-4H3,(H,21,25). The molecule has 1 unspecified atom stereocenters. The molecular weight excluding hydrogens is 360 g/mol. The minimum atomic E-state index is -0.0323. The Morgan fingerprint density at radius 2 is 2.00 bits per heavy atom. The molecule has 0 saturated heterocycles. The van der Waals surface area contributed by atoms with E-state index in [2.05, 4.69) is 40.9 Å². The van der Waals surface area contributed by atoms with E-state index in [4.69, 9.17) is 4.74 Å². The number of nitrogens with one attached hydrogen (secondary N) is 1. The van der Waals surface area contributed by atoms with Crippen molar-refractivity contribution in [2.75, 3.05) is 12.9 Å². The molecule has 2 aromatic rings. The number of amides is 1. The second-order valence-corrected chi connectivity index (χ2v) is 8.15. The lowest BCUT2D eigenvalue weighted by Gasteiger charge is -2.23. The molecular formula is C20H28N4O2S. The molecule has 0 aliphatic heterocycles. The predicted molar refractivity (Wildman–Crippen MR) is 107 cm³/mol. The summed E-state index contributed by atoms with van der Waals surface area (Å²) in [6.45, 7) is 7.15. The second-order valence-electron chi connectivity index (χ2n) is 7.21. The van der Waals surface area contributed by atoms with Crippen LogP contribution in [0.5, 0.6) is 5.75 Å². The SMILES string of the molecule is CCn1c(SCC(=O)NC(c2ccc(OC)cc2)C(C)C)nnc1C1CC1. The molecule has 1 N–H and O–H groups in total. The Labute approximate surface area is 165 Å². The minimum absolute atomic E-state index is 0.00754. The summed E-state index contributed by atoms with van der Waals surface area (Å²) >= 11 is 1.46. The topological polar surface area (TPSA) is 69.0 Å². The molecule has 1 amide bonds. The third-order valence-electron chi connectivity index (χ3n) is 4.79. The highest BCUT2D eigenvalue weighted by atomic mass is 32.2. The van der Waals surface area contributed by atoms with Crippen LogP contribution in [0.15, 0.2) is 29.4 Å². The summed E-state index contributed by atoms with van der Waals surface area (Å²) in [6.07, 6.45) is 2.39. The number of nitrogens with zero attached hydrogens (tertiary/aromatic N) is 3. The van der Waals surface area contributed by atoms with E-state index in [1.54, 1.807) is 7.11 Å². The molecule has 3 rings (SSSR count). The van der Waals surface area contributed by atoms with Crippen molar-refractivity contribution in [1.82, 2.24) is 20.1 Å². The van der Waals surface area contributed by atoms with Gasteiger partial charge in [0.05, 0.1) is 18.9 Å². The van der Waals surface area contributed by atoms with E-state index in [1.165, 1.54) is 24.6 Å². The number of thioether (sulfide) groups is 1. The first-order valence-electron chi connectivity index (χ1n) is 9.52. The van der Waals surface area contributed by atoms with E-state index < -0.39 is 0 Å². The number of hydrogen-bond donors (Lipinski definition) is 1.